The van der Waals surface area contributed by atoms with Gasteiger partial charge in [0, 0.05) is 6.54 Å². The van der Waals surface area contributed by atoms with Gasteiger partial charge in [-0.15, -0.1) is 0 Å². The van der Waals surface area contributed by atoms with Gasteiger partial charge in [0.2, 0.25) is 0 Å². The Morgan fingerprint density at radius 1 is 1.67 bits per heavy atom. The van der Waals surface area contributed by atoms with Gasteiger partial charge in [-0.1, -0.05) is 6.92 Å². The molecule has 4 N–H and O–H groups in total. The summed E-state index contributed by atoms with van der Waals surface area (Å²) in [5.41, 5.74) is 5.18. The Morgan fingerprint density at radius 2 is 2.22 bits per heavy atom. The molecule has 0 fully saturated rings. The second kappa shape index (κ2) is 4.75. The van der Waals surface area contributed by atoms with Gasteiger partial charge in [0.15, 0.2) is 0 Å². The summed E-state index contributed by atoms with van der Waals surface area (Å²) in [6.45, 7) is 2.17. The van der Waals surface area contributed by atoms with E-state index in [9.17, 15) is 0 Å². The molecular formula is C4H12BNO3. The van der Waals surface area contributed by atoms with E-state index in [2.05, 4.69) is 4.65 Å². The van der Waals surface area contributed by atoms with Crippen LogP contribution in [-0.4, -0.2) is 30.0 Å². The standard InChI is InChI=1S/C4H12BNO3/c1-2-4(3-6)9-5(7)8/h4,7-8H,2-3,6H2,1H3. The summed E-state index contributed by atoms with van der Waals surface area (Å²) in [5.74, 6) is 0. The molecule has 0 saturated carbocycles. The number of hydrogen-bond acceptors (Lipinski definition) is 4. The van der Waals surface area contributed by atoms with Crippen LogP contribution in [-0.2, 0) is 4.65 Å². The van der Waals surface area contributed by atoms with Crippen molar-refractivity contribution < 1.29 is 14.7 Å². The van der Waals surface area contributed by atoms with E-state index in [0.29, 0.717) is 13.0 Å². The van der Waals surface area contributed by atoms with Crippen LogP contribution in [0.5, 0.6) is 0 Å². The summed E-state index contributed by atoms with van der Waals surface area (Å²) in [5, 5.41) is 16.5. The molecule has 1 unspecified atom stereocenters. The molecule has 0 aromatic heterocycles. The maximum Gasteiger partial charge on any atom is 0.634 e. The molecule has 54 valence electrons. The summed E-state index contributed by atoms with van der Waals surface area (Å²) in [4.78, 5) is 0. The highest BCUT2D eigenvalue weighted by Crippen LogP contribution is 1.94. The van der Waals surface area contributed by atoms with E-state index in [0.717, 1.165) is 0 Å². The molecule has 0 aromatic carbocycles. The third kappa shape index (κ3) is 4.41. The molecule has 0 aromatic rings. The van der Waals surface area contributed by atoms with Crippen LogP contribution in [0.15, 0.2) is 0 Å². The quantitative estimate of drug-likeness (QED) is 0.417. The molecule has 0 radical (unpaired) electrons. The molecule has 5 heteroatoms. The van der Waals surface area contributed by atoms with E-state index in [1.165, 1.54) is 0 Å². The predicted molar refractivity (Wildman–Crippen MR) is 34.4 cm³/mol. The Balaban J connectivity index is 3.31. The minimum atomic E-state index is -1.70. The molecule has 0 spiro atoms. The Hall–Kier alpha value is -0.0951. The van der Waals surface area contributed by atoms with Crippen molar-refractivity contribution in [2.75, 3.05) is 6.54 Å². The monoisotopic (exact) mass is 133 g/mol. The molecule has 0 aliphatic carbocycles. The zero-order valence-corrected chi connectivity index (χ0v) is 5.45. The fourth-order valence-corrected chi connectivity index (χ4v) is 0.491. The van der Waals surface area contributed by atoms with Crippen molar-refractivity contribution in [2.24, 2.45) is 5.73 Å². The van der Waals surface area contributed by atoms with Crippen LogP contribution in [0, 0.1) is 0 Å². The average molecular weight is 133 g/mol. The van der Waals surface area contributed by atoms with Crippen molar-refractivity contribution >= 4 is 7.32 Å². The van der Waals surface area contributed by atoms with Gasteiger partial charge >= 0.3 is 7.32 Å². The first-order valence-corrected chi connectivity index (χ1v) is 2.92. The lowest BCUT2D eigenvalue weighted by Crippen LogP contribution is -2.31. The van der Waals surface area contributed by atoms with E-state index >= 15 is 0 Å². The lowest BCUT2D eigenvalue weighted by Gasteiger charge is -2.11. The van der Waals surface area contributed by atoms with Crippen LogP contribution in [0.3, 0.4) is 0 Å². The lowest BCUT2D eigenvalue weighted by molar-refractivity contribution is 0.120. The molecular weight excluding hydrogens is 121 g/mol. The zero-order valence-electron chi connectivity index (χ0n) is 5.45. The summed E-state index contributed by atoms with van der Waals surface area (Å²) >= 11 is 0. The molecule has 0 amide bonds. The Labute approximate surface area is 54.8 Å². The van der Waals surface area contributed by atoms with Gasteiger partial charge < -0.3 is 20.4 Å². The number of nitrogens with two attached hydrogens (primary N) is 1. The fourth-order valence-electron chi connectivity index (χ4n) is 0.491. The molecule has 0 rings (SSSR count). The molecule has 0 heterocycles. The Bertz CT molecular complexity index is 66.8. The molecule has 0 aliphatic heterocycles. The molecule has 9 heavy (non-hydrogen) atoms. The van der Waals surface area contributed by atoms with Crippen molar-refractivity contribution in [1.82, 2.24) is 0 Å². The molecule has 1 atom stereocenters. The zero-order chi connectivity index (χ0) is 7.28. The maximum absolute atomic E-state index is 8.26. The maximum atomic E-state index is 8.26. The largest absolute Gasteiger partial charge is 0.634 e. The van der Waals surface area contributed by atoms with Crippen LogP contribution in [0.25, 0.3) is 0 Å². The van der Waals surface area contributed by atoms with Gasteiger partial charge in [-0.25, -0.2) is 0 Å². The lowest BCUT2D eigenvalue weighted by atomic mass is 10.2. The second-order valence-corrected chi connectivity index (χ2v) is 1.73. The third-order valence-electron chi connectivity index (χ3n) is 1.03. The third-order valence-corrected chi connectivity index (χ3v) is 1.03. The predicted octanol–water partition coefficient (Wildman–Crippen LogP) is -1.29. The number of hydrogen-bond donors (Lipinski definition) is 3. The van der Waals surface area contributed by atoms with E-state index in [1.807, 2.05) is 6.92 Å². The van der Waals surface area contributed by atoms with Crippen LogP contribution in [0.2, 0.25) is 0 Å². The first-order chi connectivity index (χ1) is 4.20. The Kier molecular flexibility index (Phi) is 4.70. The van der Waals surface area contributed by atoms with Gasteiger partial charge in [-0.2, -0.15) is 0 Å². The van der Waals surface area contributed by atoms with Crippen LogP contribution < -0.4 is 5.73 Å². The van der Waals surface area contributed by atoms with Gasteiger partial charge in [0.25, 0.3) is 0 Å². The Morgan fingerprint density at radius 3 is 2.33 bits per heavy atom. The van der Waals surface area contributed by atoms with Gasteiger partial charge in [0.05, 0.1) is 6.10 Å². The van der Waals surface area contributed by atoms with Gasteiger partial charge in [-0.3, -0.25) is 0 Å². The van der Waals surface area contributed by atoms with E-state index in [-0.39, 0.29) is 6.10 Å². The highest BCUT2D eigenvalue weighted by Gasteiger charge is 2.14. The summed E-state index contributed by atoms with van der Waals surface area (Å²) in [6, 6.07) is 0. The summed E-state index contributed by atoms with van der Waals surface area (Å²) < 4.78 is 4.53. The van der Waals surface area contributed by atoms with Crippen molar-refractivity contribution in [2.45, 2.75) is 19.4 Å². The number of rotatable bonds is 4. The highest BCUT2D eigenvalue weighted by atomic mass is 16.6. The molecule has 0 aliphatic rings. The van der Waals surface area contributed by atoms with Crippen molar-refractivity contribution in [3.8, 4) is 0 Å². The minimum Gasteiger partial charge on any atom is -0.402 e. The molecule has 4 nitrogen and oxygen atoms in total. The second-order valence-electron chi connectivity index (χ2n) is 1.73. The molecule has 0 bridgehead atoms. The first-order valence-electron chi connectivity index (χ1n) is 2.92. The average Bonchev–Trinajstić information content (AvgIpc) is 1.82. The molecule has 0 saturated heterocycles. The topological polar surface area (TPSA) is 75.7 Å². The summed E-state index contributed by atoms with van der Waals surface area (Å²) in [6.07, 6.45) is 0.443. The van der Waals surface area contributed by atoms with Crippen molar-refractivity contribution in [3.05, 3.63) is 0 Å². The van der Waals surface area contributed by atoms with E-state index in [1.54, 1.807) is 0 Å². The highest BCUT2D eigenvalue weighted by molar-refractivity contribution is 6.32. The van der Waals surface area contributed by atoms with Crippen molar-refractivity contribution in [1.29, 1.82) is 0 Å². The van der Waals surface area contributed by atoms with Crippen molar-refractivity contribution in [3.63, 3.8) is 0 Å². The smallest absolute Gasteiger partial charge is 0.402 e. The van der Waals surface area contributed by atoms with Gasteiger partial charge in [-0.05, 0) is 6.42 Å². The SMILES string of the molecule is CCC(CN)OB(O)O. The minimum absolute atomic E-state index is 0.245. The van der Waals surface area contributed by atoms with E-state index < -0.39 is 7.32 Å². The fraction of sp³-hybridized carbons (Fsp3) is 1.00. The normalized spacial score (nSPS) is 13.3. The van der Waals surface area contributed by atoms with Crippen LogP contribution in [0.4, 0.5) is 0 Å². The van der Waals surface area contributed by atoms with Crippen LogP contribution in [0.1, 0.15) is 13.3 Å². The van der Waals surface area contributed by atoms with Crippen LogP contribution >= 0.6 is 0 Å². The van der Waals surface area contributed by atoms with Gasteiger partial charge in [0.1, 0.15) is 0 Å². The summed E-state index contributed by atoms with van der Waals surface area (Å²) in [7, 11) is -1.70. The first kappa shape index (κ1) is 8.90. The van der Waals surface area contributed by atoms with E-state index in [4.69, 9.17) is 15.8 Å².